The molecule has 2 unspecified atom stereocenters. The van der Waals surface area contributed by atoms with Crippen LogP contribution < -0.4 is 0 Å². The molecule has 2 atom stereocenters. The molecule has 2 N–H and O–H groups in total. The summed E-state index contributed by atoms with van der Waals surface area (Å²) in [5.41, 5.74) is -0.312. The molecule has 8 heteroatoms. The van der Waals surface area contributed by atoms with Crippen LogP contribution in [0.15, 0.2) is 28.5 Å². The molecule has 3 heterocycles. The van der Waals surface area contributed by atoms with Crippen LogP contribution in [0, 0.1) is 11.7 Å². The Morgan fingerprint density at radius 3 is 2.69 bits per heavy atom. The van der Waals surface area contributed by atoms with E-state index >= 15 is 0 Å². The van der Waals surface area contributed by atoms with E-state index in [2.05, 4.69) is 10.3 Å². The van der Waals surface area contributed by atoms with Crippen molar-refractivity contribution in [2.24, 2.45) is 16.3 Å². The number of fused-ring (bicyclic) bond motifs is 1. The fourth-order valence-electron chi connectivity index (χ4n) is 4.76. The van der Waals surface area contributed by atoms with Crippen LogP contribution in [0.5, 0.6) is 0 Å². The third kappa shape index (κ3) is 2.63. The number of amides is 1. The van der Waals surface area contributed by atoms with Gasteiger partial charge in [0.25, 0.3) is 0 Å². The predicted molar refractivity (Wildman–Crippen MR) is 91.5 cm³/mol. The number of hydrogen-bond acceptors (Lipinski definition) is 4. The van der Waals surface area contributed by atoms with Crippen LogP contribution >= 0.6 is 0 Å². The summed E-state index contributed by atoms with van der Waals surface area (Å²) in [5, 5.41) is 30.2. The van der Waals surface area contributed by atoms with Gasteiger partial charge in [0.1, 0.15) is 11.8 Å². The molecule has 0 aromatic heterocycles. The van der Waals surface area contributed by atoms with Gasteiger partial charge in [-0.3, -0.25) is 9.91 Å². The Morgan fingerprint density at radius 2 is 2.04 bits per heavy atom. The minimum Gasteiger partial charge on any atom is -0.465 e. The lowest BCUT2D eigenvalue weighted by Gasteiger charge is -2.37. The summed E-state index contributed by atoms with van der Waals surface area (Å²) < 4.78 is 14.9. The van der Waals surface area contributed by atoms with Crippen molar-refractivity contribution in [3.05, 3.63) is 29.6 Å². The van der Waals surface area contributed by atoms with Crippen molar-refractivity contribution in [2.45, 2.75) is 50.3 Å². The first kappa shape index (κ1) is 17.2. The minimum atomic E-state index is -1.22. The molecule has 4 aliphatic rings. The van der Waals surface area contributed by atoms with Gasteiger partial charge in [-0.1, -0.05) is 17.4 Å². The number of halogens is 1. The summed E-state index contributed by atoms with van der Waals surface area (Å²) in [6.45, 7) is 3.49. The van der Waals surface area contributed by atoms with Crippen molar-refractivity contribution in [3.8, 4) is 0 Å². The maximum atomic E-state index is 14.9. The van der Waals surface area contributed by atoms with Crippen LogP contribution in [0.25, 0.3) is 0 Å². The molecule has 4 fully saturated rings. The number of carboxylic acid groups (broad SMARTS) is 1. The lowest BCUT2D eigenvalue weighted by molar-refractivity contribution is 0.0499. The quantitative estimate of drug-likeness (QED) is 0.803. The SMILES string of the molecule is CC12CC(C1)C(C(O)c1cccc(N=NN3CCCC3)c1F)N2C(=O)O. The van der Waals surface area contributed by atoms with Crippen LogP contribution in [0.1, 0.15) is 44.3 Å². The third-order valence-electron chi connectivity index (χ3n) is 5.98. The summed E-state index contributed by atoms with van der Waals surface area (Å²) >= 11 is 0. The van der Waals surface area contributed by atoms with Gasteiger partial charge in [-0.25, -0.2) is 9.18 Å². The van der Waals surface area contributed by atoms with Gasteiger partial charge >= 0.3 is 6.09 Å². The summed E-state index contributed by atoms with van der Waals surface area (Å²) in [4.78, 5) is 13.0. The number of hydrogen-bond donors (Lipinski definition) is 2. The highest BCUT2D eigenvalue weighted by Gasteiger charge is 2.63. The monoisotopic (exact) mass is 362 g/mol. The molecule has 1 amide bonds. The number of benzene rings is 1. The Bertz CT molecular complexity index is 744. The normalized spacial score (nSPS) is 31.5. The molecular formula is C18H23FN4O3. The smallest absolute Gasteiger partial charge is 0.408 e. The second kappa shape index (κ2) is 6.19. The van der Waals surface area contributed by atoms with E-state index in [1.807, 2.05) is 6.92 Å². The van der Waals surface area contributed by atoms with E-state index in [0.717, 1.165) is 25.9 Å². The minimum absolute atomic E-state index is 0.0559. The summed E-state index contributed by atoms with van der Waals surface area (Å²) in [6, 6.07) is 3.99. The van der Waals surface area contributed by atoms with Gasteiger partial charge in [-0.15, -0.1) is 5.11 Å². The first-order chi connectivity index (χ1) is 12.4. The molecular weight excluding hydrogens is 339 g/mol. The van der Waals surface area contributed by atoms with Gasteiger partial charge in [0, 0.05) is 24.2 Å². The van der Waals surface area contributed by atoms with Gasteiger partial charge in [0.05, 0.1) is 6.04 Å². The Morgan fingerprint density at radius 1 is 1.35 bits per heavy atom. The zero-order chi connectivity index (χ0) is 18.5. The molecule has 2 bridgehead atoms. The molecule has 1 aliphatic carbocycles. The molecule has 3 aliphatic heterocycles. The van der Waals surface area contributed by atoms with Gasteiger partial charge < -0.3 is 10.2 Å². The third-order valence-corrected chi connectivity index (χ3v) is 5.98. The van der Waals surface area contributed by atoms with Crippen LogP contribution in [0.3, 0.4) is 0 Å². The van der Waals surface area contributed by atoms with Gasteiger partial charge in [-0.2, -0.15) is 0 Å². The molecule has 0 radical (unpaired) electrons. The molecule has 0 spiro atoms. The zero-order valence-corrected chi connectivity index (χ0v) is 14.7. The van der Waals surface area contributed by atoms with E-state index in [1.54, 1.807) is 11.1 Å². The van der Waals surface area contributed by atoms with E-state index in [-0.39, 0.29) is 17.2 Å². The second-order valence-electron chi connectivity index (χ2n) is 7.78. The Balaban J connectivity index is 1.59. The average molecular weight is 362 g/mol. The number of aliphatic hydroxyl groups is 1. The molecule has 1 saturated carbocycles. The highest BCUT2D eigenvalue weighted by atomic mass is 19.1. The first-order valence-corrected chi connectivity index (χ1v) is 9.06. The Kier molecular flexibility index (Phi) is 4.10. The van der Waals surface area contributed by atoms with E-state index in [0.29, 0.717) is 12.8 Å². The van der Waals surface area contributed by atoms with Crippen molar-refractivity contribution in [1.29, 1.82) is 0 Å². The maximum Gasteiger partial charge on any atom is 0.408 e. The van der Waals surface area contributed by atoms with Crippen LogP contribution in [0.2, 0.25) is 0 Å². The van der Waals surface area contributed by atoms with Crippen LogP contribution in [-0.2, 0) is 0 Å². The van der Waals surface area contributed by atoms with Crippen LogP contribution in [0.4, 0.5) is 14.9 Å². The molecule has 26 heavy (non-hydrogen) atoms. The van der Waals surface area contributed by atoms with E-state index in [9.17, 15) is 19.4 Å². The molecule has 1 aromatic rings. The lowest BCUT2D eigenvalue weighted by atomic mass is 9.72. The topological polar surface area (TPSA) is 88.7 Å². The molecule has 5 rings (SSSR count). The average Bonchev–Trinajstić information content (AvgIpc) is 3.25. The number of carbonyl (C=O) groups is 1. The molecule has 7 nitrogen and oxygen atoms in total. The van der Waals surface area contributed by atoms with E-state index in [4.69, 9.17) is 0 Å². The van der Waals surface area contributed by atoms with Gasteiger partial charge in [0.2, 0.25) is 0 Å². The Hall–Kier alpha value is -2.22. The van der Waals surface area contributed by atoms with Gasteiger partial charge in [-0.05, 0) is 44.6 Å². The zero-order valence-electron chi connectivity index (χ0n) is 14.7. The second-order valence-corrected chi connectivity index (χ2v) is 7.78. The maximum absolute atomic E-state index is 14.9. The van der Waals surface area contributed by atoms with Crippen molar-refractivity contribution < 1.29 is 19.4 Å². The summed E-state index contributed by atoms with van der Waals surface area (Å²) in [5.74, 6) is -0.581. The largest absolute Gasteiger partial charge is 0.465 e. The fourth-order valence-corrected chi connectivity index (χ4v) is 4.76. The summed E-state index contributed by atoms with van der Waals surface area (Å²) in [6.07, 6.45) is 1.22. The Labute approximate surface area is 151 Å². The predicted octanol–water partition coefficient (Wildman–Crippen LogP) is 3.48. The highest BCUT2D eigenvalue weighted by Crippen LogP contribution is 2.57. The van der Waals surface area contributed by atoms with E-state index < -0.39 is 29.6 Å². The van der Waals surface area contributed by atoms with Crippen LogP contribution in [-0.4, -0.2) is 50.9 Å². The molecule has 3 saturated heterocycles. The van der Waals surface area contributed by atoms with E-state index in [1.165, 1.54) is 17.0 Å². The highest BCUT2D eigenvalue weighted by molar-refractivity contribution is 5.68. The number of aliphatic hydroxyl groups excluding tert-OH is 1. The van der Waals surface area contributed by atoms with Crippen molar-refractivity contribution in [2.75, 3.05) is 13.1 Å². The first-order valence-electron chi connectivity index (χ1n) is 9.06. The molecule has 1 aromatic carbocycles. The standard InChI is InChI=1S/C18H23FN4O3/c1-18-9-11(10-18)15(23(18)17(25)26)16(24)12-5-4-6-13(14(12)19)20-21-22-7-2-3-8-22/h4-6,11,15-16,24H,2-3,7-10H2,1H3,(H,25,26). The van der Waals surface area contributed by atoms with Crippen molar-refractivity contribution in [3.63, 3.8) is 0 Å². The van der Waals surface area contributed by atoms with Crippen molar-refractivity contribution in [1.82, 2.24) is 9.91 Å². The molecule has 140 valence electrons. The van der Waals surface area contributed by atoms with Crippen molar-refractivity contribution >= 4 is 11.8 Å². The summed E-state index contributed by atoms with van der Waals surface area (Å²) in [7, 11) is 0. The van der Waals surface area contributed by atoms with Gasteiger partial charge in [0.15, 0.2) is 5.82 Å². The fraction of sp³-hybridized carbons (Fsp3) is 0.611. The lowest BCUT2D eigenvalue weighted by Crippen LogP contribution is -2.47. The number of nitrogens with zero attached hydrogens (tertiary/aromatic N) is 4. The number of rotatable bonds is 4.